The van der Waals surface area contributed by atoms with Crippen molar-refractivity contribution in [2.24, 2.45) is 0 Å². The van der Waals surface area contributed by atoms with E-state index in [1.807, 2.05) is 0 Å². The van der Waals surface area contributed by atoms with Gasteiger partial charge in [-0.1, -0.05) is 81.4 Å². The van der Waals surface area contributed by atoms with Gasteiger partial charge in [0.25, 0.3) is 8.32 Å². The molecule has 0 radical (unpaired) electrons. The highest BCUT2D eigenvalue weighted by Crippen LogP contribution is 2.36. The van der Waals surface area contributed by atoms with E-state index in [1.54, 1.807) is 0 Å². The number of hydrogen-bond donors (Lipinski definition) is 0. The number of unbranched alkanes of at least 4 members (excludes halogenated alkanes) is 1. The number of benzene rings is 2. The highest BCUT2D eigenvalue weighted by Gasteiger charge is 2.49. The van der Waals surface area contributed by atoms with E-state index in [-0.39, 0.29) is 5.04 Å². The predicted molar refractivity (Wildman–Crippen MR) is 125 cm³/mol. The topological polar surface area (TPSA) is 35.3 Å². The van der Waals surface area contributed by atoms with Crippen molar-refractivity contribution in [1.82, 2.24) is 0 Å². The molecule has 3 rings (SSSR count). The summed E-state index contributed by atoms with van der Waals surface area (Å²) in [5.41, 5.74) is 1.08. The van der Waals surface area contributed by atoms with Crippen LogP contribution >= 0.6 is 0 Å². The summed E-state index contributed by atoms with van der Waals surface area (Å²) in [5, 5.41) is 14.6. The molecule has 1 aliphatic heterocycles. The van der Waals surface area contributed by atoms with Crippen LogP contribution in [0.4, 0.5) is 0 Å². The molecule has 3 nitrogen and oxygen atoms in total. The quantitative estimate of drug-likeness (QED) is 0.270. The Morgan fingerprint density at radius 1 is 0.897 bits per heavy atom. The summed E-state index contributed by atoms with van der Waals surface area (Å²) in [4.78, 5) is 0. The zero-order chi connectivity index (χ0) is 20.7. The van der Waals surface area contributed by atoms with Gasteiger partial charge in [0, 0.05) is 25.9 Å². The van der Waals surface area contributed by atoms with Gasteiger partial charge in [-0.25, -0.2) is 4.74 Å². The Hall–Kier alpha value is -1.91. The van der Waals surface area contributed by atoms with E-state index in [9.17, 15) is 5.21 Å². The summed E-state index contributed by atoms with van der Waals surface area (Å²) in [6, 6.07) is 21.6. The molecular formula is C25H35NO2Si. The Kier molecular flexibility index (Phi) is 7.31. The molecule has 0 amide bonds. The number of hydrogen-bond acceptors (Lipinski definition) is 2. The normalized spacial score (nSPS) is 15.6. The van der Waals surface area contributed by atoms with Crippen LogP contribution in [0, 0.1) is 5.21 Å². The lowest BCUT2D eigenvalue weighted by Gasteiger charge is -2.43. The van der Waals surface area contributed by atoms with Crippen LogP contribution in [0.1, 0.15) is 59.3 Å². The third-order valence-corrected chi connectivity index (χ3v) is 11.1. The zero-order valence-corrected chi connectivity index (χ0v) is 19.2. The van der Waals surface area contributed by atoms with Crippen molar-refractivity contribution >= 4 is 24.4 Å². The molecule has 1 aliphatic rings. The monoisotopic (exact) mass is 409 g/mol. The van der Waals surface area contributed by atoms with Gasteiger partial charge in [-0.15, -0.1) is 0 Å². The smallest absolute Gasteiger partial charge is 0.261 e. The minimum atomic E-state index is -2.43. The minimum absolute atomic E-state index is 0.0135. The van der Waals surface area contributed by atoms with Gasteiger partial charge in [0.1, 0.15) is 0 Å². The predicted octanol–water partition coefficient (Wildman–Crippen LogP) is 4.87. The molecule has 0 spiro atoms. The van der Waals surface area contributed by atoms with Crippen molar-refractivity contribution in [2.45, 2.75) is 64.3 Å². The van der Waals surface area contributed by atoms with Crippen LogP contribution in [0.2, 0.25) is 5.04 Å². The van der Waals surface area contributed by atoms with Gasteiger partial charge in [0.05, 0.1) is 0 Å². The molecule has 2 aromatic rings. The van der Waals surface area contributed by atoms with Crippen LogP contribution in [-0.2, 0) is 4.43 Å². The molecule has 0 fully saturated rings. The van der Waals surface area contributed by atoms with Crippen molar-refractivity contribution < 1.29 is 9.16 Å². The van der Waals surface area contributed by atoms with Gasteiger partial charge < -0.3 is 9.63 Å². The first-order valence-corrected chi connectivity index (χ1v) is 12.9. The van der Waals surface area contributed by atoms with Crippen molar-refractivity contribution in [2.75, 3.05) is 13.2 Å². The Bertz CT molecular complexity index is 757. The molecule has 0 N–H and O–H groups in total. The summed E-state index contributed by atoms with van der Waals surface area (Å²) < 4.78 is 8.15. The second-order valence-corrected chi connectivity index (χ2v) is 13.4. The fourth-order valence-corrected chi connectivity index (χ4v) is 9.14. The SMILES string of the molecule is CC(C)(C)[Si](OCCCCC1=[N+]([O-])CCCC1)(c1ccccc1)c1ccccc1. The van der Waals surface area contributed by atoms with Crippen LogP contribution in [0.25, 0.3) is 0 Å². The fraction of sp³-hybridized carbons (Fsp3) is 0.480. The Morgan fingerprint density at radius 2 is 1.48 bits per heavy atom. The fourth-order valence-electron chi connectivity index (χ4n) is 4.53. The first-order chi connectivity index (χ1) is 13.9. The Labute approximate surface area is 177 Å². The van der Waals surface area contributed by atoms with Crippen LogP contribution in [0.5, 0.6) is 0 Å². The maximum absolute atomic E-state index is 12.0. The van der Waals surface area contributed by atoms with Crippen LogP contribution < -0.4 is 10.4 Å². The summed E-state index contributed by atoms with van der Waals surface area (Å²) in [5.74, 6) is 0. The number of hydroxylamine groups is 1. The lowest BCUT2D eigenvalue weighted by molar-refractivity contribution is -0.465. The number of rotatable bonds is 8. The van der Waals surface area contributed by atoms with Gasteiger partial charge in [-0.2, -0.15) is 0 Å². The largest absolute Gasteiger partial charge is 0.624 e. The molecule has 29 heavy (non-hydrogen) atoms. The van der Waals surface area contributed by atoms with Crippen LogP contribution in [-0.4, -0.2) is 31.9 Å². The molecule has 2 aromatic carbocycles. The van der Waals surface area contributed by atoms with Gasteiger partial charge in [0.15, 0.2) is 12.3 Å². The molecule has 0 unspecified atom stereocenters. The van der Waals surface area contributed by atoms with Gasteiger partial charge in [-0.3, -0.25) is 0 Å². The van der Waals surface area contributed by atoms with E-state index in [2.05, 4.69) is 81.4 Å². The first-order valence-electron chi connectivity index (χ1n) is 11.0. The minimum Gasteiger partial charge on any atom is -0.624 e. The van der Waals surface area contributed by atoms with E-state index in [1.165, 1.54) is 15.1 Å². The van der Waals surface area contributed by atoms with E-state index in [0.717, 1.165) is 50.8 Å². The molecule has 0 atom stereocenters. The Morgan fingerprint density at radius 3 is 2.00 bits per heavy atom. The highest BCUT2D eigenvalue weighted by atomic mass is 28.4. The summed E-state index contributed by atoms with van der Waals surface area (Å²) >= 11 is 0. The van der Waals surface area contributed by atoms with Gasteiger partial charge in [0.2, 0.25) is 0 Å². The summed E-state index contributed by atoms with van der Waals surface area (Å²) in [6.07, 6.45) is 6.08. The average molecular weight is 410 g/mol. The van der Waals surface area contributed by atoms with Crippen LogP contribution in [0.15, 0.2) is 60.7 Å². The third-order valence-electron chi connectivity index (χ3n) is 6.02. The van der Waals surface area contributed by atoms with Gasteiger partial charge >= 0.3 is 0 Å². The van der Waals surface area contributed by atoms with Crippen LogP contribution in [0.3, 0.4) is 0 Å². The van der Waals surface area contributed by atoms with E-state index < -0.39 is 8.32 Å². The zero-order valence-electron chi connectivity index (χ0n) is 18.2. The second kappa shape index (κ2) is 9.73. The van der Waals surface area contributed by atoms with E-state index >= 15 is 0 Å². The standard InChI is InChI=1S/C25H35NO2Si/c1-25(2,3)29(23-16-6-4-7-17-23,24-18-8-5-9-19-24)28-21-13-11-15-22-14-10-12-20-26(22)27/h4-9,16-19H,10-15,20-21H2,1-3H3. The molecule has 0 aromatic heterocycles. The highest BCUT2D eigenvalue weighted by molar-refractivity contribution is 6.99. The maximum Gasteiger partial charge on any atom is 0.261 e. The van der Waals surface area contributed by atoms with Crippen molar-refractivity contribution in [1.29, 1.82) is 0 Å². The van der Waals surface area contributed by atoms with E-state index in [4.69, 9.17) is 4.43 Å². The van der Waals surface area contributed by atoms with Crippen molar-refractivity contribution in [3.05, 3.63) is 65.9 Å². The lowest BCUT2D eigenvalue weighted by atomic mass is 10.0. The molecule has 0 saturated carbocycles. The molecule has 1 heterocycles. The Balaban J connectivity index is 1.77. The second-order valence-electron chi connectivity index (χ2n) is 9.09. The molecule has 4 heteroatoms. The average Bonchev–Trinajstić information content (AvgIpc) is 2.72. The van der Waals surface area contributed by atoms with Crippen molar-refractivity contribution in [3.63, 3.8) is 0 Å². The lowest BCUT2D eigenvalue weighted by Crippen LogP contribution is -2.66. The first kappa shape index (κ1) is 21.8. The summed E-state index contributed by atoms with van der Waals surface area (Å²) in [6.45, 7) is 8.35. The summed E-state index contributed by atoms with van der Waals surface area (Å²) in [7, 11) is -2.43. The van der Waals surface area contributed by atoms with E-state index in [0.29, 0.717) is 6.54 Å². The molecule has 0 aliphatic carbocycles. The molecule has 156 valence electrons. The number of nitrogens with zero attached hydrogens (tertiary/aromatic N) is 1. The molecule has 0 bridgehead atoms. The maximum atomic E-state index is 12.0. The molecule has 0 saturated heterocycles. The van der Waals surface area contributed by atoms with Gasteiger partial charge in [-0.05, 0) is 34.7 Å². The molecular weight excluding hydrogens is 374 g/mol. The van der Waals surface area contributed by atoms with Crippen molar-refractivity contribution in [3.8, 4) is 0 Å². The third kappa shape index (κ3) is 4.99.